The Balaban J connectivity index is 3.03. The number of aliphatic hydroxyl groups is 1. The minimum absolute atomic E-state index is 0.0312. The third kappa shape index (κ3) is 2.90. The Morgan fingerprint density at radius 2 is 2.27 bits per heavy atom. The summed E-state index contributed by atoms with van der Waals surface area (Å²) in [6, 6.07) is 4.45. The lowest BCUT2D eigenvalue weighted by Crippen LogP contribution is -2.08. The van der Waals surface area contributed by atoms with E-state index < -0.39 is 4.92 Å². The summed E-state index contributed by atoms with van der Waals surface area (Å²) in [6.45, 7) is -0.158. The molecule has 1 rings (SSSR count). The van der Waals surface area contributed by atoms with Crippen molar-refractivity contribution in [1.82, 2.24) is 0 Å². The van der Waals surface area contributed by atoms with Gasteiger partial charge < -0.3 is 9.84 Å². The Bertz CT molecular complexity index is 354. The van der Waals surface area contributed by atoms with Gasteiger partial charge in [-0.3, -0.25) is 15.8 Å². The van der Waals surface area contributed by atoms with E-state index in [1.807, 2.05) is 0 Å². The largest absolute Gasteiger partial charge is 0.478 e. The maximum absolute atomic E-state index is 10.7. The first-order valence-electron chi connectivity index (χ1n) is 4.40. The second kappa shape index (κ2) is 5.28. The number of hydrogen-bond acceptors (Lipinski definition) is 5. The van der Waals surface area contributed by atoms with E-state index in [0.29, 0.717) is 11.3 Å². The van der Waals surface area contributed by atoms with E-state index in [9.17, 15) is 10.1 Å². The van der Waals surface area contributed by atoms with Crippen molar-refractivity contribution in [2.45, 2.75) is 6.42 Å². The zero-order valence-corrected chi connectivity index (χ0v) is 8.05. The summed E-state index contributed by atoms with van der Waals surface area (Å²) >= 11 is 0. The van der Waals surface area contributed by atoms with Crippen molar-refractivity contribution in [3.05, 3.63) is 33.9 Å². The highest BCUT2D eigenvalue weighted by Gasteiger charge is 2.14. The van der Waals surface area contributed by atoms with Crippen LogP contribution < -0.4 is 10.5 Å². The Hall–Kier alpha value is -1.66. The van der Waals surface area contributed by atoms with E-state index in [4.69, 9.17) is 15.6 Å². The molecule has 0 aliphatic rings. The second-order valence-electron chi connectivity index (χ2n) is 2.83. The van der Waals surface area contributed by atoms with Crippen LogP contribution in [0.25, 0.3) is 0 Å². The molecule has 0 bridgehead atoms. The Morgan fingerprint density at radius 3 is 2.80 bits per heavy atom. The SMILES string of the molecule is NCOc1ccc(CCO)c([N+](=O)[O-])c1. The van der Waals surface area contributed by atoms with Crippen LogP contribution in [0.5, 0.6) is 5.75 Å². The van der Waals surface area contributed by atoms with Crippen molar-refractivity contribution in [2.75, 3.05) is 13.3 Å². The second-order valence-corrected chi connectivity index (χ2v) is 2.83. The molecule has 0 fully saturated rings. The number of benzene rings is 1. The molecule has 15 heavy (non-hydrogen) atoms. The lowest BCUT2D eigenvalue weighted by molar-refractivity contribution is -0.385. The van der Waals surface area contributed by atoms with Gasteiger partial charge in [0.25, 0.3) is 5.69 Å². The molecule has 0 saturated heterocycles. The first kappa shape index (κ1) is 11.4. The molecule has 0 aliphatic carbocycles. The third-order valence-corrected chi connectivity index (χ3v) is 1.88. The van der Waals surface area contributed by atoms with Gasteiger partial charge in [0.15, 0.2) is 0 Å². The lowest BCUT2D eigenvalue weighted by atomic mass is 10.1. The smallest absolute Gasteiger partial charge is 0.276 e. The zero-order valence-electron chi connectivity index (χ0n) is 8.05. The fraction of sp³-hybridized carbons (Fsp3) is 0.333. The number of nitrogens with two attached hydrogens (primary N) is 1. The molecular weight excluding hydrogens is 200 g/mol. The van der Waals surface area contributed by atoms with Crippen LogP contribution in [0, 0.1) is 10.1 Å². The van der Waals surface area contributed by atoms with Crippen molar-refractivity contribution in [2.24, 2.45) is 5.73 Å². The van der Waals surface area contributed by atoms with Gasteiger partial charge in [-0.1, -0.05) is 0 Å². The molecule has 0 amide bonds. The summed E-state index contributed by atoms with van der Waals surface area (Å²) in [5, 5.41) is 19.4. The van der Waals surface area contributed by atoms with E-state index in [1.165, 1.54) is 6.07 Å². The molecule has 0 heterocycles. The standard InChI is InChI=1S/C9H12N2O4/c10-6-15-8-2-1-7(3-4-12)9(5-8)11(13)14/h1-2,5,12H,3-4,6,10H2. The zero-order chi connectivity index (χ0) is 11.3. The molecule has 0 radical (unpaired) electrons. The van der Waals surface area contributed by atoms with Crippen LogP contribution in [0.3, 0.4) is 0 Å². The van der Waals surface area contributed by atoms with Crippen LogP contribution in [0.4, 0.5) is 5.69 Å². The van der Waals surface area contributed by atoms with Crippen LogP contribution in [0.15, 0.2) is 18.2 Å². The molecule has 0 aromatic heterocycles. The first-order valence-corrected chi connectivity index (χ1v) is 4.40. The van der Waals surface area contributed by atoms with Gasteiger partial charge in [-0.25, -0.2) is 0 Å². The van der Waals surface area contributed by atoms with E-state index in [1.54, 1.807) is 12.1 Å². The molecule has 1 aromatic carbocycles. The fourth-order valence-corrected chi connectivity index (χ4v) is 1.23. The number of nitrogens with zero attached hydrogens (tertiary/aromatic N) is 1. The summed E-state index contributed by atoms with van der Waals surface area (Å²) in [5.74, 6) is 0.353. The van der Waals surface area contributed by atoms with Gasteiger partial charge in [0.1, 0.15) is 12.5 Å². The van der Waals surface area contributed by atoms with Crippen molar-refractivity contribution in [3.63, 3.8) is 0 Å². The summed E-state index contributed by atoms with van der Waals surface area (Å²) < 4.78 is 4.94. The number of hydrogen-bond donors (Lipinski definition) is 2. The summed E-state index contributed by atoms with van der Waals surface area (Å²) in [5.41, 5.74) is 5.57. The average Bonchev–Trinajstić information content (AvgIpc) is 2.21. The van der Waals surface area contributed by atoms with Gasteiger partial charge >= 0.3 is 0 Å². The monoisotopic (exact) mass is 212 g/mol. The molecule has 0 atom stereocenters. The number of nitro benzene ring substituents is 1. The van der Waals surface area contributed by atoms with E-state index in [2.05, 4.69) is 0 Å². The topological polar surface area (TPSA) is 98.6 Å². The van der Waals surface area contributed by atoms with Gasteiger partial charge in [-0.15, -0.1) is 0 Å². The Morgan fingerprint density at radius 1 is 1.53 bits per heavy atom. The fourth-order valence-electron chi connectivity index (χ4n) is 1.23. The van der Waals surface area contributed by atoms with Crippen LogP contribution in [-0.2, 0) is 6.42 Å². The minimum Gasteiger partial charge on any atom is -0.478 e. The highest BCUT2D eigenvalue weighted by atomic mass is 16.6. The van der Waals surface area contributed by atoms with Crippen molar-refractivity contribution < 1.29 is 14.8 Å². The number of rotatable bonds is 5. The molecule has 0 unspecified atom stereocenters. The van der Waals surface area contributed by atoms with Gasteiger partial charge in [-0.05, 0) is 12.1 Å². The first-order chi connectivity index (χ1) is 7.19. The summed E-state index contributed by atoms with van der Waals surface area (Å²) in [4.78, 5) is 10.2. The molecule has 3 N–H and O–H groups in total. The third-order valence-electron chi connectivity index (χ3n) is 1.88. The number of aliphatic hydroxyl groups excluding tert-OH is 1. The van der Waals surface area contributed by atoms with Gasteiger partial charge in [0.05, 0.1) is 11.0 Å². The summed E-state index contributed by atoms with van der Waals surface area (Å²) in [6.07, 6.45) is 0.249. The molecule has 0 spiro atoms. The van der Waals surface area contributed by atoms with Crippen LogP contribution in [-0.4, -0.2) is 23.4 Å². The molecule has 0 aliphatic heterocycles. The van der Waals surface area contributed by atoms with Crippen LogP contribution in [0.1, 0.15) is 5.56 Å². The van der Waals surface area contributed by atoms with Crippen molar-refractivity contribution >= 4 is 5.69 Å². The van der Waals surface area contributed by atoms with Gasteiger partial charge in [-0.2, -0.15) is 0 Å². The van der Waals surface area contributed by atoms with Gasteiger partial charge in [0, 0.05) is 18.6 Å². The molecular formula is C9H12N2O4. The molecule has 1 aromatic rings. The molecule has 0 saturated carbocycles. The van der Waals surface area contributed by atoms with Crippen LogP contribution >= 0.6 is 0 Å². The normalized spacial score (nSPS) is 10.0. The average molecular weight is 212 g/mol. The van der Waals surface area contributed by atoms with E-state index in [-0.39, 0.29) is 25.4 Å². The quantitative estimate of drug-likeness (QED) is 0.418. The predicted octanol–water partition coefficient (Wildman–Crippen LogP) is 0.425. The minimum atomic E-state index is -0.506. The van der Waals surface area contributed by atoms with Crippen molar-refractivity contribution in [3.8, 4) is 5.75 Å². The number of ether oxygens (including phenoxy) is 1. The highest BCUT2D eigenvalue weighted by molar-refractivity contribution is 5.46. The van der Waals surface area contributed by atoms with Gasteiger partial charge in [0.2, 0.25) is 0 Å². The Kier molecular flexibility index (Phi) is 4.02. The van der Waals surface area contributed by atoms with E-state index in [0.717, 1.165) is 0 Å². The number of nitro groups is 1. The maximum atomic E-state index is 10.7. The predicted molar refractivity (Wildman–Crippen MR) is 53.6 cm³/mol. The Labute approximate surface area is 86.4 Å². The van der Waals surface area contributed by atoms with Crippen LogP contribution in [0.2, 0.25) is 0 Å². The maximum Gasteiger partial charge on any atom is 0.276 e. The van der Waals surface area contributed by atoms with E-state index >= 15 is 0 Å². The lowest BCUT2D eigenvalue weighted by Gasteiger charge is -2.05. The molecule has 6 heteroatoms. The van der Waals surface area contributed by atoms with Crippen molar-refractivity contribution in [1.29, 1.82) is 0 Å². The highest BCUT2D eigenvalue weighted by Crippen LogP contribution is 2.24. The summed E-state index contributed by atoms with van der Waals surface area (Å²) in [7, 11) is 0. The molecule has 6 nitrogen and oxygen atoms in total. The molecule has 82 valence electrons.